The average molecular weight is 591 g/mol. The minimum absolute atomic E-state index is 0.0209. The molecule has 3 aromatic rings. The Kier molecular flexibility index (Phi) is 7.72. The van der Waals surface area contributed by atoms with E-state index >= 15 is 0 Å². The van der Waals surface area contributed by atoms with Crippen LogP contribution in [0.25, 0.3) is 17.0 Å². The van der Waals surface area contributed by atoms with E-state index in [1.165, 1.54) is 29.1 Å². The lowest BCUT2D eigenvalue weighted by molar-refractivity contribution is -0.184. The molecule has 206 valence electrons. The number of benzene rings is 2. The monoisotopic (exact) mass is 590 g/mol. The number of carbonyl (C=O) groups excluding carboxylic acids is 3. The van der Waals surface area contributed by atoms with Crippen molar-refractivity contribution in [2.75, 3.05) is 20.1 Å². The number of hydrogen-bond donors (Lipinski definition) is 0. The van der Waals surface area contributed by atoms with Crippen molar-refractivity contribution in [1.29, 1.82) is 0 Å². The van der Waals surface area contributed by atoms with Crippen molar-refractivity contribution in [1.82, 2.24) is 19.6 Å². The van der Waals surface area contributed by atoms with Gasteiger partial charge >= 0.3 is 18.3 Å². The number of rotatable bonds is 6. The van der Waals surface area contributed by atoms with Crippen LogP contribution in [-0.2, 0) is 22.3 Å². The Hall–Kier alpha value is -3.52. The highest BCUT2D eigenvalue weighted by molar-refractivity contribution is 8.18. The number of likely N-dealkylation sites (N-methyl/N-ethyl adjacent to an activating group) is 1. The van der Waals surface area contributed by atoms with Gasteiger partial charge in [0.05, 0.1) is 28.7 Å². The van der Waals surface area contributed by atoms with Crippen molar-refractivity contribution in [3.05, 3.63) is 69.2 Å². The first kappa shape index (κ1) is 28.5. The summed E-state index contributed by atoms with van der Waals surface area (Å²) in [7, 11) is 0.914. The lowest BCUT2D eigenvalue weighted by Gasteiger charge is -2.21. The fourth-order valence-electron chi connectivity index (χ4n) is 3.85. The Morgan fingerprint density at radius 3 is 2.49 bits per heavy atom. The van der Waals surface area contributed by atoms with Crippen molar-refractivity contribution in [2.45, 2.75) is 18.9 Å². The molecule has 1 aliphatic heterocycles. The van der Waals surface area contributed by atoms with Crippen LogP contribution in [0.5, 0.6) is 0 Å². The predicted octanol–water partition coefficient (Wildman–Crippen LogP) is 5.81. The van der Waals surface area contributed by atoms with E-state index in [2.05, 4.69) is 5.10 Å². The number of hydrogen-bond acceptors (Lipinski definition) is 5. The van der Waals surface area contributed by atoms with Crippen LogP contribution in [0.3, 0.4) is 0 Å². The van der Waals surface area contributed by atoms with E-state index in [9.17, 15) is 40.7 Å². The summed E-state index contributed by atoms with van der Waals surface area (Å²) >= 11 is 6.34. The molecule has 4 rings (SSSR count). The maximum atomic E-state index is 13.5. The zero-order valence-electron chi connectivity index (χ0n) is 19.8. The third-order valence-electron chi connectivity index (χ3n) is 5.78. The Balaban J connectivity index is 1.51. The van der Waals surface area contributed by atoms with Gasteiger partial charge in [0.1, 0.15) is 0 Å². The number of alkyl halides is 6. The molecule has 0 spiro atoms. The second kappa shape index (κ2) is 10.6. The third-order valence-corrected chi connectivity index (χ3v) is 6.93. The lowest BCUT2D eigenvalue weighted by Crippen LogP contribution is -2.43. The van der Waals surface area contributed by atoms with E-state index in [1.807, 2.05) is 0 Å². The van der Waals surface area contributed by atoms with Crippen LogP contribution in [0.2, 0.25) is 5.02 Å². The standard InChI is InChI=1S/C24H17ClF6N4O3S/c1-33(21(37)24(29,30)31)6-7-34-20(36)19(39-22(34)38)9-13-2-5-18-15(8-13)11-32-35(18)12-14-3-4-16(25)10-17(14)23(26,27)28/h2-5,8-11H,6-7,12H2,1H3/b19-9-. The number of halogens is 7. The van der Waals surface area contributed by atoms with Crippen LogP contribution >= 0.6 is 23.4 Å². The largest absolute Gasteiger partial charge is 0.471 e. The topological polar surface area (TPSA) is 75.5 Å². The molecule has 0 unspecified atom stereocenters. The van der Waals surface area contributed by atoms with Gasteiger partial charge in [0.15, 0.2) is 0 Å². The van der Waals surface area contributed by atoms with E-state index in [0.717, 1.165) is 18.0 Å². The van der Waals surface area contributed by atoms with Crippen LogP contribution in [-0.4, -0.2) is 62.9 Å². The zero-order valence-corrected chi connectivity index (χ0v) is 21.4. The second-order valence-electron chi connectivity index (χ2n) is 8.48. The molecule has 3 amide bonds. The Labute approximate surface area is 226 Å². The van der Waals surface area contributed by atoms with Crippen LogP contribution in [0.4, 0.5) is 31.1 Å². The summed E-state index contributed by atoms with van der Waals surface area (Å²) in [6, 6.07) is 8.28. The Morgan fingerprint density at radius 1 is 1.10 bits per heavy atom. The van der Waals surface area contributed by atoms with Crippen molar-refractivity contribution < 1.29 is 40.7 Å². The number of amides is 3. The summed E-state index contributed by atoms with van der Waals surface area (Å²) < 4.78 is 79.4. The molecule has 0 saturated carbocycles. The van der Waals surface area contributed by atoms with E-state index < -0.39 is 48.1 Å². The number of fused-ring (bicyclic) bond motifs is 1. The van der Waals surface area contributed by atoms with E-state index in [0.29, 0.717) is 33.1 Å². The van der Waals surface area contributed by atoms with E-state index in [4.69, 9.17) is 11.6 Å². The van der Waals surface area contributed by atoms with Gasteiger partial charge in [-0.1, -0.05) is 23.7 Å². The smallest absolute Gasteiger partial charge is 0.336 e. The summed E-state index contributed by atoms with van der Waals surface area (Å²) in [4.78, 5) is 37.4. The fourth-order valence-corrected chi connectivity index (χ4v) is 4.88. The summed E-state index contributed by atoms with van der Waals surface area (Å²) in [5.41, 5.74) is 0.0947. The summed E-state index contributed by atoms with van der Waals surface area (Å²) in [6.45, 7) is -1.10. The van der Waals surface area contributed by atoms with E-state index in [1.54, 1.807) is 18.2 Å². The Bertz CT molecular complexity index is 1500. The highest BCUT2D eigenvalue weighted by atomic mass is 35.5. The molecule has 1 fully saturated rings. The highest BCUT2D eigenvalue weighted by Crippen LogP contribution is 2.35. The molecular formula is C24H17ClF6N4O3S. The molecule has 0 N–H and O–H groups in total. The number of thioether (sulfide) groups is 1. The van der Waals surface area contributed by atoms with Gasteiger partial charge in [-0.3, -0.25) is 24.0 Å². The van der Waals surface area contributed by atoms with Crippen LogP contribution in [0.15, 0.2) is 47.5 Å². The van der Waals surface area contributed by atoms with Gasteiger partial charge in [-0.05, 0) is 53.2 Å². The fraction of sp³-hybridized carbons (Fsp3) is 0.250. The molecule has 1 saturated heterocycles. The highest BCUT2D eigenvalue weighted by Gasteiger charge is 2.42. The summed E-state index contributed by atoms with van der Waals surface area (Å²) in [6.07, 6.45) is -6.83. The SMILES string of the molecule is CN(CCN1C(=O)S/C(=C\c2ccc3c(cnn3Cc3ccc(Cl)cc3C(F)(F)F)c2)C1=O)C(=O)C(F)(F)F. The molecule has 0 bridgehead atoms. The zero-order chi connectivity index (χ0) is 28.7. The van der Waals surface area contributed by atoms with Gasteiger partial charge in [0.25, 0.3) is 11.1 Å². The molecule has 7 nitrogen and oxygen atoms in total. The maximum Gasteiger partial charge on any atom is 0.471 e. The van der Waals surface area contributed by atoms with Gasteiger partial charge in [0.2, 0.25) is 0 Å². The first-order valence-electron chi connectivity index (χ1n) is 11.0. The first-order valence-corrected chi connectivity index (χ1v) is 12.2. The van der Waals surface area contributed by atoms with E-state index in [-0.39, 0.29) is 22.0 Å². The predicted molar refractivity (Wildman–Crippen MR) is 132 cm³/mol. The maximum absolute atomic E-state index is 13.5. The molecule has 2 heterocycles. The molecule has 39 heavy (non-hydrogen) atoms. The third kappa shape index (κ3) is 6.22. The van der Waals surface area contributed by atoms with Crippen molar-refractivity contribution in [3.8, 4) is 0 Å². The second-order valence-corrected chi connectivity index (χ2v) is 9.91. The number of nitrogens with zero attached hydrogens (tertiary/aromatic N) is 4. The van der Waals surface area contributed by atoms with Crippen molar-refractivity contribution >= 4 is 57.4 Å². The molecule has 2 aromatic carbocycles. The molecule has 1 aliphatic rings. The van der Waals surface area contributed by atoms with Crippen LogP contribution < -0.4 is 0 Å². The molecule has 0 aliphatic carbocycles. The summed E-state index contributed by atoms with van der Waals surface area (Å²) in [5.74, 6) is -2.82. The van der Waals surface area contributed by atoms with Gasteiger partial charge in [0, 0.05) is 30.5 Å². The minimum Gasteiger partial charge on any atom is -0.336 e. The molecule has 0 atom stereocenters. The quantitative estimate of drug-likeness (QED) is 0.267. The van der Waals surface area contributed by atoms with Crippen LogP contribution in [0, 0.1) is 0 Å². The minimum atomic E-state index is -5.07. The molecule has 0 radical (unpaired) electrons. The first-order chi connectivity index (χ1) is 18.1. The van der Waals surface area contributed by atoms with Crippen molar-refractivity contribution in [2.24, 2.45) is 0 Å². The van der Waals surface area contributed by atoms with Crippen molar-refractivity contribution in [3.63, 3.8) is 0 Å². The van der Waals surface area contributed by atoms with Gasteiger partial charge in [-0.15, -0.1) is 0 Å². The molecule has 1 aromatic heterocycles. The Morgan fingerprint density at radius 2 is 1.82 bits per heavy atom. The van der Waals surface area contributed by atoms with Gasteiger partial charge < -0.3 is 4.90 Å². The van der Waals surface area contributed by atoms with Gasteiger partial charge in [-0.25, -0.2) is 0 Å². The summed E-state index contributed by atoms with van der Waals surface area (Å²) in [5, 5.41) is 3.98. The van der Waals surface area contributed by atoms with Gasteiger partial charge in [-0.2, -0.15) is 31.4 Å². The molecule has 15 heteroatoms. The number of aromatic nitrogens is 2. The number of imide groups is 1. The normalized spacial score (nSPS) is 15.6. The van der Waals surface area contributed by atoms with Crippen LogP contribution in [0.1, 0.15) is 16.7 Å². The average Bonchev–Trinajstić information content (AvgIpc) is 3.36. The molecular weight excluding hydrogens is 574 g/mol. The number of carbonyl (C=O) groups is 3. The lowest BCUT2D eigenvalue weighted by atomic mass is 10.1.